The van der Waals surface area contributed by atoms with Gasteiger partial charge in [-0.05, 0) is 0 Å². The van der Waals surface area contributed by atoms with E-state index in [2.05, 4.69) is 7.54 Å². The highest BCUT2D eigenvalue weighted by Crippen LogP contribution is 2.29. The van der Waals surface area contributed by atoms with Gasteiger partial charge in [-0.2, -0.15) is 34.8 Å². The highest BCUT2D eigenvalue weighted by Gasteiger charge is 2.48. The van der Waals surface area contributed by atoms with Crippen LogP contribution in [-0.2, 0) is 40.2 Å². The Kier molecular flexibility index (Phi) is 7.38. The van der Waals surface area contributed by atoms with Crippen molar-refractivity contribution in [3.05, 3.63) is 0 Å². The summed E-state index contributed by atoms with van der Waals surface area (Å²) in [4.78, 5) is 0. The number of rotatable bonds is 5. The zero-order valence-electron chi connectivity index (χ0n) is 13.6. The van der Waals surface area contributed by atoms with E-state index in [1.165, 1.54) is 0 Å². The molecule has 11 nitrogen and oxygen atoms in total. The molecule has 0 fully saturated rings. The van der Waals surface area contributed by atoms with Crippen LogP contribution in [-0.4, -0.2) is 73.4 Å². The fourth-order valence-corrected chi connectivity index (χ4v) is 7.37. The maximum atomic E-state index is 12.5. The Morgan fingerprint density at radius 3 is 1.26 bits per heavy atom. The molecule has 0 aliphatic heterocycles. The van der Waals surface area contributed by atoms with Gasteiger partial charge in [0.2, 0.25) is 20.2 Å². The molecule has 0 spiro atoms. The lowest BCUT2D eigenvalue weighted by molar-refractivity contribution is -0.0468. The minimum atomic E-state index is -6.50. The van der Waals surface area contributed by atoms with Crippen LogP contribution in [0.1, 0.15) is 0 Å². The molecule has 0 aromatic heterocycles. The summed E-state index contributed by atoms with van der Waals surface area (Å²) in [7, 11) is -20.5. The van der Waals surface area contributed by atoms with Gasteiger partial charge < -0.3 is 0 Å². The van der Waals surface area contributed by atoms with Crippen molar-refractivity contribution in [3.63, 3.8) is 0 Å². The molecule has 0 bridgehead atoms. The second kappa shape index (κ2) is 7.59. The fourth-order valence-electron chi connectivity index (χ4n) is 0.764. The SMILES string of the molecule is CN(C)S(=O)(=NS(=O)(=O)C(F)(F)F)N=S(=O)(N=S(=O)(O)C(F)(F)F)N(C)C. The van der Waals surface area contributed by atoms with Crippen LogP contribution in [0, 0.1) is 0 Å². The maximum Gasteiger partial charge on any atom is 0.519 e. The smallest absolute Gasteiger partial charge is 0.293 e. The summed E-state index contributed by atoms with van der Waals surface area (Å²) in [6.07, 6.45) is 0. The molecule has 0 aliphatic rings. The number of hydrogen-bond donors (Lipinski definition) is 1. The van der Waals surface area contributed by atoms with E-state index < -0.39 is 51.3 Å². The zero-order chi connectivity index (χ0) is 22.3. The van der Waals surface area contributed by atoms with E-state index in [9.17, 15) is 47.4 Å². The number of halogens is 6. The first-order chi connectivity index (χ1) is 11.5. The average Bonchev–Trinajstić information content (AvgIpc) is 2.33. The third kappa shape index (κ3) is 6.12. The molecule has 21 heteroatoms. The molecule has 164 valence electrons. The Morgan fingerprint density at radius 1 is 0.667 bits per heavy atom. The number of sulfonamides is 1. The minimum Gasteiger partial charge on any atom is -0.293 e. The van der Waals surface area contributed by atoms with Crippen LogP contribution >= 0.6 is 0 Å². The van der Waals surface area contributed by atoms with Crippen molar-refractivity contribution in [2.75, 3.05) is 28.2 Å². The van der Waals surface area contributed by atoms with Crippen molar-refractivity contribution in [2.24, 2.45) is 11.3 Å². The summed E-state index contributed by atoms with van der Waals surface area (Å²) in [6.45, 7) is 0. The van der Waals surface area contributed by atoms with Crippen molar-refractivity contribution in [1.82, 2.24) is 8.61 Å². The predicted molar refractivity (Wildman–Crippen MR) is 82.7 cm³/mol. The van der Waals surface area contributed by atoms with Crippen molar-refractivity contribution >= 4 is 40.2 Å². The Hall–Kier alpha value is -0.740. The molecule has 3 unspecified atom stereocenters. The molecule has 0 amide bonds. The molecule has 0 aromatic rings. The standard InChI is InChI=1S/C6H13F6N5O6S4/c1-16(2)26(22,13-24(18,19)5(7,8)9)15-27(23,17(3)4)14-25(20,21)6(10,11)12/h1-4H3,(H,13,14,15,18,19,22,23). The lowest BCUT2D eigenvalue weighted by Crippen LogP contribution is -2.31. The lowest BCUT2D eigenvalue weighted by atomic mass is 11.3. The lowest BCUT2D eigenvalue weighted by Gasteiger charge is -2.18. The quantitative estimate of drug-likeness (QED) is 0.565. The molecule has 0 aromatic carbocycles. The highest BCUT2D eigenvalue weighted by molar-refractivity contribution is 8.08. The third-order valence-corrected chi connectivity index (χ3v) is 9.92. The van der Waals surface area contributed by atoms with Crippen LogP contribution in [0.15, 0.2) is 11.3 Å². The van der Waals surface area contributed by atoms with Crippen LogP contribution in [0.3, 0.4) is 0 Å². The van der Waals surface area contributed by atoms with Crippen molar-refractivity contribution in [1.29, 1.82) is 0 Å². The summed E-state index contributed by atoms with van der Waals surface area (Å²) >= 11 is 0. The monoisotopic (exact) mass is 493 g/mol. The van der Waals surface area contributed by atoms with Gasteiger partial charge in [0, 0.05) is 28.2 Å². The average molecular weight is 493 g/mol. The molecule has 0 saturated heterocycles. The maximum absolute atomic E-state index is 12.5. The number of hydrogen-bond acceptors (Lipinski definition) is 5. The van der Waals surface area contributed by atoms with E-state index in [1.807, 2.05) is 3.77 Å². The first kappa shape index (κ1) is 26.3. The normalized spacial score (nSPS) is 20.5. The summed E-state index contributed by atoms with van der Waals surface area (Å²) < 4.78 is 149. The van der Waals surface area contributed by atoms with Crippen LogP contribution in [0.5, 0.6) is 0 Å². The van der Waals surface area contributed by atoms with Gasteiger partial charge in [-0.3, -0.25) is 4.55 Å². The van der Waals surface area contributed by atoms with E-state index >= 15 is 0 Å². The summed E-state index contributed by atoms with van der Waals surface area (Å²) in [5, 5.41) is 0. The zero-order valence-corrected chi connectivity index (χ0v) is 16.9. The summed E-state index contributed by atoms with van der Waals surface area (Å²) in [5.74, 6) is 0. The number of nitrogens with zero attached hydrogens (tertiary/aromatic N) is 5. The van der Waals surface area contributed by atoms with Gasteiger partial charge >= 0.3 is 21.0 Å². The van der Waals surface area contributed by atoms with E-state index in [4.69, 9.17) is 4.55 Å². The van der Waals surface area contributed by atoms with Gasteiger partial charge in [-0.1, -0.05) is 11.3 Å². The molecule has 0 saturated carbocycles. The molecule has 27 heavy (non-hydrogen) atoms. The van der Waals surface area contributed by atoms with Gasteiger partial charge in [0.1, 0.15) is 0 Å². The molecule has 0 heterocycles. The van der Waals surface area contributed by atoms with Gasteiger partial charge in [-0.25, -0.2) is 21.2 Å². The van der Waals surface area contributed by atoms with Gasteiger partial charge in [-0.15, -0.1) is 0 Å². The topological polar surface area (TPSA) is 149 Å². The second-order valence-electron chi connectivity index (χ2n) is 4.65. The van der Waals surface area contributed by atoms with E-state index in [1.54, 1.807) is 0 Å². The summed E-state index contributed by atoms with van der Waals surface area (Å²) in [5.41, 5.74) is -12.0. The molecular weight excluding hydrogens is 480 g/mol. The van der Waals surface area contributed by atoms with Crippen molar-refractivity contribution in [2.45, 2.75) is 11.0 Å². The Balaban J connectivity index is 7.34. The van der Waals surface area contributed by atoms with Gasteiger partial charge in [0.15, 0.2) is 0 Å². The molecule has 1 N–H and O–H groups in total. The first-order valence-electron chi connectivity index (χ1n) is 5.81. The van der Waals surface area contributed by atoms with E-state index in [0.717, 1.165) is 0 Å². The molecule has 0 aliphatic carbocycles. The first-order valence-corrected chi connectivity index (χ1v) is 11.6. The summed E-state index contributed by atoms with van der Waals surface area (Å²) in [6, 6.07) is 0. The van der Waals surface area contributed by atoms with Crippen LogP contribution in [0.25, 0.3) is 0 Å². The minimum absolute atomic E-state index is 0.0989. The van der Waals surface area contributed by atoms with Crippen molar-refractivity contribution in [3.8, 4) is 0 Å². The van der Waals surface area contributed by atoms with Gasteiger partial charge in [0.25, 0.3) is 10.0 Å². The molecule has 3 atom stereocenters. The molecule has 0 rings (SSSR count). The van der Waals surface area contributed by atoms with Crippen LogP contribution in [0.4, 0.5) is 26.3 Å². The van der Waals surface area contributed by atoms with Gasteiger partial charge in [0.05, 0.1) is 0 Å². The Labute approximate surface area is 151 Å². The van der Waals surface area contributed by atoms with E-state index in [-0.39, 0.29) is 8.61 Å². The third-order valence-electron chi connectivity index (χ3n) is 2.13. The Bertz CT molecular complexity index is 1030. The van der Waals surface area contributed by atoms with Crippen molar-refractivity contribution < 1.29 is 51.9 Å². The largest absolute Gasteiger partial charge is 0.519 e. The molecule has 0 radical (unpaired) electrons. The molecular formula is C6H13F6N5O6S4. The van der Waals surface area contributed by atoms with Crippen LogP contribution in [0.2, 0.25) is 0 Å². The second-order valence-corrected chi connectivity index (χ2v) is 12.6. The number of alkyl halides is 6. The van der Waals surface area contributed by atoms with E-state index in [0.29, 0.717) is 28.2 Å². The predicted octanol–water partition coefficient (Wildman–Crippen LogP) is 1.02. The highest BCUT2D eigenvalue weighted by atomic mass is 32.3. The Morgan fingerprint density at radius 2 is 1.00 bits per heavy atom. The van der Waals surface area contributed by atoms with Crippen LogP contribution < -0.4 is 0 Å². The fraction of sp³-hybridized carbons (Fsp3) is 1.00.